The van der Waals surface area contributed by atoms with Gasteiger partial charge in [0.25, 0.3) is 5.91 Å². The van der Waals surface area contributed by atoms with E-state index < -0.39 is 0 Å². The third-order valence-corrected chi connectivity index (χ3v) is 2.44. The molecule has 0 atom stereocenters. The maximum atomic E-state index is 11.7. The molecule has 0 aliphatic rings. The molecule has 0 radical (unpaired) electrons. The Hall–Kier alpha value is -1.35. The fourth-order valence-corrected chi connectivity index (χ4v) is 1.52. The van der Waals surface area contributed by atoms with Gasteiger partial charge in [0.1, 0.15) is 0 Å². The molecule has 88 valence electrons. The monoisotopic (exact) mass is 220 g/mol. The van der Waals surface area contributed by atoms with Gasteiger partial charge in [-0.3, -0.25) is 4.79 Å². The highest BCUT2D eigenvalue weighted by Gasteiger charge is 2.04. The molecule has 1 aromatic carbocycles. The third-order valence-electron chi connectivity index (χ3n) is 2.44. The van der Waals surface area contributed by atoms with Crippen molar-refractivity contribution in [2.75, 3.05) is 13.1 Å². The maximum Gasteiger partial charge on any atom is 0.251 e. The Balaban J connectivity index is 2.57. The molecule has 0 bridgehead atoms. The van der Waals surface area contributed by atoms with Crippen LogP contribution < -0.4 is 11.1 Å². The van der Waals surface area contributed by atoms with Gasteiger partial charge in [0.05, 0.1) is 0 Å². The second-order valence-electron chi connectivity index (χ2n) is 3.85. The number of carbonyl (C=O) groups is 1. The third kappa shape index (κ3) is 4.03. The smallest absolute Gasteiger partial charge is 0.251 e. The second-order valence-corrected chi connectivity index (χ2v) is 3.85. The van der Waals surface area contributed by atoms with Gasteiger partial charge >= 0.3 is 0 Å². The average Bonchev–Trinajstić information content (AvgIpc) is 2.30. The van der Waals surface area contributed by atoms with Crippen LogP contribution in [0.15, 0.2) is 24.3 Å². The molecule has 0 fully saturated rings. The summed E-state index contributed by atoms with van der Waals surface area (Å²) >= 11 is 0. The summed E-state index contributed by atoms with van der Waals surface area (Å²) in [7, 11) is 0. The Kier molecular flexibility index (Phi) is 5.57. The predicted molar refractivity (Wildman–Crippen MR) is 66.4 cm³/mol. The van der Waals surface area contributed by atoms with Crippen LogP contribution in [0.1, 0.15) is 35.7 Å². The van der Waals surface area contributed by atoms with Crippen molar-refractivity contribution in [1.29, 1.82) is 0 Å². The Morgan fingerprint density at radius 3 is 2.94 bits per heavy atom. The summed E-state index contributed by atoms with van der Waals surface area (Å²) in [5, 5.41) is 2.90. The first-order valence-corrected chi connectivity index (χ1v) is 5.85. The Morgan fingerprint density at radius 2 is 2.25 bits per heavy atom. The number of amides is 1. The fourth-order valence-electron chi connectivity index (χ4n) is 1.52. The first-order chi connectivity index (χ1) is 7.77. The van der Waals surface area contributed by atoms with Crippen LogP contribution in [0.3, 0.4) is 0 Å². The van der Waals surface area contributed by atoms with E-state index >= 15 is 0 Å². The first-order valence-electron chi connectivity index (χ1n) is 5.85. The van der Waals surface area contributed by atoms with Crippen LogP contribution in [0.2, 0.25) is 0 Å². The van der Waals surface area contributed by atoms with E-state index in [1.807, 2.05) is 24.3 Å². The zero-order chi connectivity index (χ0) is 11.8. The van der Waals surface area contributed by atoms with Crippen molar-refractivity contribution < 1.29 is 4.79 Å². The molecule has 0 saturated heterocycles. The summed E-state index contributed by atoms with van der Waals surface area (Å²) < 4.78 is 0. The highest BCUT2D eigenvalue weighted by molar-refractivity contribution is 5.94. The molecule has 0 aliphatic carbocycles. The Labute approximate surface area is 97.0 Å². The van der Waals surface area contributed by atoms with E-state index in [2.05, 4.69) is 12.2 Å². The van der Waals surface area contributed by atoms with Crippen molar-refractivity contribution in [3.05, 3.63) is 35.4 Å². The summed E-state index contributed by atoms with van der Waals surface area (Å²) in [5.74, 6) is 0.00678. The number of hydrogen-bond donors (Lipinski definition) is 2. The van der Waals surface area contributed by atoms with Crippen LogP contribution in [0.4, 0.5) is 0 Å². The summed E-state index contributed by atoms with van der Waals surface area (Å²) in [4.78, 5) is 11.7. The fraction of sp³-hybridized carbons (Fsp3) is 0.462. The molecule has 0 aromatic heterocycles. The summed E-state index contributed by atoms with van der Waals surface area (Å²) in [6.45, 7) is 3.46. The lowest BCUT2D eigenvalue weighted by Gasteiger charge is -2.05. The molecule has 0 aliphatic heterocycles. The van der Waals surface area contributed by atoms with Crippen LogP contribution in [0.25, 0.3) is 0 Å². The number of benzene rings is 1. The lowest BCUT2D eigenvalue weighted by atomic mass is 10.1. The van der Waals surface area contributed by atoms with Crippen molar-refractivity contribution in [3.8, 4) is 0 Å². The second kappa shape index (κ2) is 7.01. The van der Waals surface area contributed by atoms with Crippen LogP contribution in [-0.2, 0) is 6.42 Å². The molecule has 0 saturated carbocycles. The lowest BCUT2D eigenvalue weighted by Crippen LogP contribution is -2.24. The zero-order valence-electron chi connectivity index (χ0n) is 9.83. The highest BCUT2D eigenvalue weighted by Crippen LogP contribution is 2.05. The minimum absolute atomic E-state index is 0.00678. The van der Waals surface area contributed by atoms with Crippen molar-refractivity contribution in [2.45, 2.75) is 26.2 Å². The van der Waals surface area contributed by atoms with E-state index in [-0.39, 0.29) is 5.91 Å². The molecular formula is C13H20N2O. The highest BCUT2D eigenvalue weighted by atomic mass is 16.1. The topological polar surface area (TPSA) is 55.1 Å². The van der Waals surface area contributed by atoms with Gasteiger partial charge in [-0.2, -0.15) is 0 Å². The van der Waals surface area contributed by atoms with Crippen LogP contribution in [0.5, 0.6) is 0 Å². The number of hydrogen-bond acceptors (Lipinski definition) is 2. The van der Waals surface area contributed by atoms with Gasteiger partial charge in [-0.25, -0.2) is 0 Å². The molecule has 3 nitrogen and oxygen atoms in total. The Morgan fingerprint density at radius 1 is 1.44 bits per heavy atom. The molecule has 16 heavy (non-hydrogen) atoms. The summed E-state index contributed by atoms with van der Waals surface area (Å²) in [5.41, 5.74) is 7.32. The standard InChI is InChI=1S/C13H20N2O/c1-2-3-9-15-13(16)12-6-4-5-11(10-12)7-8-14/h4-6,10H,2-3,7-9,14H2,1H3,(H,15,16). The van der Waals surface area contributed by atoms with E-state index in [1.165, 1.54) is 0 Å². The first kappa shape index (κ1) is 12.7. The molecule has 3 heteroatoms. The van der Waals surface area contributed by atoms with Gasteiger partial charge in [0, 0.05) is 12.1 Å². The number of carbonyl (C=O) groups excluding carboxylic acids is 1. The van der Waals surface area contributed by atoms with Crippen molar-refractivity contribution >= 4 is 5.91 Å². The number of nitrogens with one attached hydrogen (secondary N) is 1. The van der Waals surface area contributed by atoms with Crippen LogP contribution in [0, 0.1) is 0 Å². The Bertz CT molecular complexity index is 336. The largest absolute Gasteiger partial charge is 0.352 e. The number of rotatable bonds is 6. The molecule has 0 heterocycles. The SMILES string of the molecule is CCCCNC(=O)c1cccc(CCN)c1. The average molecular weight is 220 g/mol. The molecule has 3 N–H and O–H groups in total. The summed E-state index contributed by atoms with van der Waals surface area (Å²) in [6, 6.07) is 7.64. The summed E-state index contributed by atoms with van der Waals surface area (Å²) in [6.07, 6.45) is 2.93. The van der Waals surface area contributed by atoms with Gasteiger partial charge in [0.2, 0.25) is 0 Å². The molecule has 1 amide bonds. The van der Waals surface area contributed by atoms with Gasteiger partial charge in [-0.05, 0) is 37.1 Å². The van der Waals surface area contributed by atoms with E-state index in [9.17, 15) is 4.79 Å². The predicted octanol–water partition coefficient (Wildman–Crippen LogP) is 1.72. The van der Waals surface area contributed by atoms with E-state index in [1.54, 1.807) is 0 Å². The molecule has 0 spiro atoms. The minimum atomic E-state index is 0.00678. The maximum absolute atomic E-state index is 11.7. The lowest BCUT2D eigenvalue weighted by molar-refractivity contribution is 0.0953. The van der Waals surface area contributed by atoms with E-state index in [4.69, 9.17) is 5.73 Å². The zero-order valence-corrected chi connectivity index (χ0v) is 9.83. The number of nitrogens with two attached hydrogens (primary N) is 1. The number of unbranched alkanes of at least 4 members (excludes halogenated alkanes) is 1. The van der Waals surface area contributed by atoms with Gasteiger partial charge in [-0.1, -0.05) is 25.5 Å². The molecule has 1 aromatic rings. The van der Waals surface area contributed by atoms with Crippen molar-refractivity contribution in [2.24, 2.45) is 5.73 Å². The van der Waals surface area contributed by atoms with Crippen molar-refractivity contribution in [3.63, 3.8) is 0 Å². The molecule has 1 rings (SSSR count). The quantitative estimate of drug-likeness (QED) is 0.717. The van der Waals surface area contributed by atoms with Crippen molar-refractivity contribution in [1.82, 2.24) is 5.32 Å². The van der Waals surface area contributed by atoms with E-state index in [0.29, 0.717) is 6.54 Å². The molecular weight excluding hydrogens is 200 g/mol. The van der Waals surface area contributed by atoms with Gasteiger partial charge in [-0.15, -0.1) is 0 Å². The van der Waals surface area contributed by atoms with E-state index in [0.717, 1.165) is 36.9 Å². The van der Waals surface area contributed by atoms with Crippen LogP contribution >= 0.6 is 0 Å². The minimum Gasteiger partial charge on any atom is -0.352 e. The van der Waals surface area contributed by atoms with Gasteiger partial charge < -0.3 is 11.1 Å². The normalized spacial score (nSPS) is 10.1. The molecule has 0 unspecified atom stereocenters. The van der Waals surface area contributed by atoms with Crippen LogP contribution in [-0.4, -0.2) is 19.0 Å². The van der Waals surface area contributed by atoms with Gasteiger partial charge in [0.15, 0.2) is 0 Å².